The van der Waals surface area contributed by atoms with Crippen LogP contribution in [-0.4, -0.2) is 119 Å². The number of likely N-dealkylation sites (tertiary alicyclic amines) is 2. The Morgan fingerprint density at radius 3 is 2.55 bits per heavy atom. The van der Waals surface area contributed by atoms with E-state index < -0.39 is 46.7 Å². The molecule has 356 valence electrons. The van der Waals surface area contributed by atoms with E-state index in [0.717, 1.165) is 45.3 Å². The van der Waals surface area contributed by atoms with E-state index in [-0.39, 0.29) is 49.6 Å². The van der Waals surface area contributed by atoms with Crippen LogP contribution < -0.4 is 10.7 Å². The summed E-state index contributed by atoms with van der Waals surface area (Å²) in [5.74, 6) is -2.10. The molecule has 3 saturated heterocycles. The SMILES string of the molecule is C=CC(=O)N1CC[C@]2(CCN(C(C(=O)N[C@@H]3Cc4cc(O)cc(c4)-c4ccc5c(c4)c(c(-c4ccccc4CCOC)n5CC)CC(C)(C)COC(=O)[C@@H]4CCCN(N4)C3=O)C(C)C)C2=O)C1. The lowest BCUT2D eigenvalue weighted by atomic mass is 9.83. The quantitative estimate of drug-likeness (QED) is 0.124. The molecule has 4 aliphatic heterocycles. The van der Waals surface area contributed by atoms with Crippen molar-refractivity contribution < 1.29 is 38.6 Å². The minimum absolute atomic E-state index is 0.00670. The highest BCUT2D eigenvalue weighted by Crippen LogP contribution is 2.44. The second-order valence-electron chi connectivity index (χ2n) is 20.1. The van der Waals surface area contributed by atoms with Gasteiger partial charge in [-0.1, -0.05) is 70.7 Å². The van der Waals surface area contributed by atoms with Crippen LogP contribution >= 0.6 is 0 Å². The van der Waals surface area contributed by atoms with Crippen molar-refractivity contribution in [3.05, 3.63) is 90.0 Å². The van der Waals surface area contributed by atoms with E-state index in [9.17, 15) is 29.1 Å². The molecule has 1 spiro atoms. The summed E-state index contributed by atoms with van der Waals surface area (Å²) < 4.78 is 14.0. The van der Waals surface area contributed by atoms with E-state index >= 15 is 0 Å². The summed E-state index contributed by atoms with van der Waals surface area (Å²) in [4.78, 5) is 73.5. The van der Waals surface area contributed by atoms with Crippen molar-refractivity contribution >= 4 is 40.5 Å². The first-order valence-electron chi connectivity index (χ1n) is 23.9. The first-order valence-corrected chi connectivity index (χ1v) is 23.9. The van der Waals surface area contributed by atoms with Crippen molar-refractivity contribution in [1.82, 2.24) is 30.1 Å². The Kier molecular flexibility index (Phi) is 13.7. The Hall–Kier alpha value is -5.99. The molecule has 3 N–H and O–H groups in total. The lowest BCUT2D eigenvalue weighted by Crippen LogP contribution is -2.62. The van der Waals surface area contributed by atoms with Gasteiger partial charge in [0.2, 0.25) is 17.7 Å². The predicted octanol–water partition coefficient (Wildman–Crippen LogP) is 6.20. The lowest BCUT2D eigenvalue weighted by molar-refractivity contribution is -0.155. The summed E-state index contributed by atoms with van der Waals surface area (Å²) in [5, 5.41) is 16.9. The van der Waals surface area contributed by atoms with Crippen LogP contribution in [0.15, 0.2) is 73.3 Å². The molecule has 8 rings (SSSR count). The maximum atomic E-state index is 14.8. The van der Waals surface area contributed by atoms with Gasteiger partial charge in [0.25, 0.3) is 5.91 Å². The highest BCUT2D eigenvalue weighted by atomic mass is 16.5. The number of rotatable bonds is 10. The fourth-order valence-corrected chi connectivity index (χ4v) is 10.9. The fourth-order valence-electron chi connectivity index (χ4n) is 10.9. The Balaban J connectivity index is 1.19. The van der Waals surface area contributed by atoms with Crippen LogP contribution in [-0.2, 0) is 59.3 Å². The molecule has 1 unspecified atom stereocenters. The number of phenols is 1. The van der Waals surface area contributed by atoms with Gasteiger partial charge in [-0.05, 0) is 110 Å². The standard InChI is InChI=1S/C53H66N6O8/c1-8-45(61)56-22-19-53(31-56)20-23-58(51(53)65)46(33(3)4)48(62)54-43-27-34-25-37(28-38(60)26-34)36-16-17-44-40(29-36)41(47(57(44)9-2)39-14-11-10-13-35(39)18-24-66-7)30-52(5,6)32-67-50(64)42-15-12-21-59(55-42)49(43)63/h8,10-11,13-14,16-17,25-26,28-29,33,42-43,46,55,60H,1,9,12,15,18-24,27,30-32H2,2-7H3,(H,54,62)/t42-,43+,46?,53-/m0/s1. The molecule has 14 nitrogen and oxygen atoms in total. The van der Waals surface area contributed by atoms with Crippen molar-refractivity contribution in [3.8, 4) is 28.1 Å². The molecule has 3 fully saturated rings. The summed E-state index contributed by atoms with van der Waals surface area (Å²) in [6, 6.07) is 17.2. The van der Waals surface area contributed by atoms with E-state index in [1.165, 1.54) is 16.6 Å². The molecule has 4 aromatic rings. The number of hydrogen-bond donors (Lipinski definition) is 3. The average Bonchev–Trinajstić information content (AvgIpc) is 3.98. The van der Waals surface area contributed by atoms with Crippen LogP contribution in [0.5, 0.6) is 5.75 Å². The van der Waals surface area contributed by atoms with Gasteiger partial charge in [0.05, 0.1) is 24.3 Å². The number of benzene rings is 3. The van der Waals surface area contributed by atoms with Gasteiger partial charge in [0.1, 0.15) is 23.9 Å². The number of amides is 4. The van der Waals surface area contributed by atoms with Crippen LogP contribution in [0.3, 0.4) is 0 Å². The van der Waals surface area contributed by atoms with E-state index in [2.05, 4.69) is 85.1 Å². The zero-order valence-electron chi connectivity index (χ0n) is 39.9. The van der Waals surface area contributed by atoms with Crippen molar-refractivity contribution in [2.45, 2.75) is 104 Å². The number of cyclic esters (lactones) is 1. The number of aromatic hydroxyl groups is 1. The summed E-state index contributed by atoms with van der Waals surface area (Å²) >= 11 is 0. The number of esters is 1. The maximum Gasteiger partial charge on any atom is 0.324 e. The third kappa shape index (κ3) is 9.47. The van der Waals surface area contributed by atoms with Crippen LogP contribution in [0.2, 0.25) is 0 Å². The highest BCUT2D eigenvalue weighted by Gasteiger charge is 2.54. The van der Waals surface area contributed by atoms with Gasteiger partial charge < -0.3 is 34.3 Å². The number of aryl methyl sites for hydroxylation is 1. The maximum absolute atomic E-state index is 14.8. The molecule has 4 amide bonds. The second-order valence-corrected chi connectivity index (χ2v) is 20.1. The number of nitrogens with zero attached hydrogens (tertiary/aromatic N) is 4. The molecular weight excluding hydrogens is 849 g/mol. The Bertz CT molecular complexity index is 2580. The number of nitrogens with one attached hydrogen (secondary N) is 2. The van der Waals surface area contributed by atoms with Crippen molar-refractivity contribution in [1.29, 1.82) is 0 Å². The van der Waals surface area contributed by atoms with Crippen molar-refractivity contribution in [2.24, 2.45) is 16.7 Å². The third-order valence-corrected chi connectivity index (χ3v) is 14.3. The summed E-state index contributed by atoms with van der Waals surface area (Å²) in [5.41, 5.74) is 9.63. The minimum atomic E-state index is -1.14. The van der Waals surface area contributed by atoms with Gasteiger partial charge in [-0.25, -0.2) is 5.43 Å². The molecule has 6 bridgehead atoms. The van der Waals surface area contributed by atoms with Gasteiger partial charge in [0, 0.05) is 68.1 Å². The van der Waals surface area contributed by atoms with Crippen LogP contribution in [0.4, 0.5) is 0 Å². The van der Waals surface area contributed by atoms with Gasteiger partial charge in [-0.3, -0.25) is 29.0 Å². The van der Waals surface area contributed by atoms with E-state index in [1.807, 2.05) is 19.9 Å². The van der Waals surface area contributed by atoms with Crippen molar-refractivity contribution in [3.63, 3.8) is 0 Å². The van der Waals surface area contributed by atoms with Crippen LogP contribution in [0, 0.1) is 16.7 Å². The monoisotopic (exact) mass is 914 g/mol. The van der Waals surface area contributed by atoms with Crippen LogP contribution in [0.1, 0.15) is 77.0 Å². The highest BCUT2D eigenvalue weighted by molar-refractivity contribution is 5.97. The number of hydrogen-bond acceptors (Lipinski definition) is 9. The molecule has 14 heteroatoms. The number of phenolic OH excluding ortho intramolecular Hbond substituents is 1. The Labute approximate surface area is 393 Å². The molecule has 0 radical (unpaired) electrons. The first-order chi connectivity index (χ1) is 32.1. The first kappa shape index (κ1) is 47.5. The topological polar surface area (TPSA) is 163 Å². The third-order valence-electron chi connectivity index (χ3n) is 14.3. The molecule has 67 heavy (non-hydrogen) atoms. The van der Waals surface area contributed by atoms with E-state index in [4.69, 9.17) is 9.47 Å². The Morgan fingerprint density at radius 1 is 1.03 bits per heavy atom. The largest absolute Gasteiger partial charge is 0.508 e. The average molecular weight is 915 g/mol. The number of aromatic nitrogens is 1. The smallest absolute Gasteiger partial charge is 0.324 e. The number of methoxy groups -OCH3 is 1. The number of ether oxygens (including phenoxy) is 2. The molecule has 3 aromatic carbocycles. The molecule has 0 saturated carbocycles. The molecule has 0 aliphatic carbocycles. The predicted molar refractivity (Wildman–Crippen MR) is 256 cm³/mol. The van der Waals surface area contributed by atoms with Gasteiger partial charge in [-0.15, -0.1) is 0 Å². The summed E-state index contributed by atoms with van der Waals surface area (Å²) in [6.45, 7) is 16.5. The summed E-state index contributed by atoms with van der Waals surface area (Å²) in [6.07, 6.45) is 4.57. The fraction of sp³-hybridized carbons (Fsp3) is 0.491. The number of carbonyl (C=O) groups is 5. The Morgan fingerprint density at radius 2 is 1.81 bits per heavy atom. The van der Waals surface area contributed by atoms with Crippen molar-refractivity contribution in [2.75, 3.05) is 46.5 Å². The minimum Gasteiger partial charge on any atom is -0.508 e. The molecule has 1 aromatic heterocycles. The molecule has 4 aliphatic rings. The molecule has 5 heterocycles. The lowest BCUT2D eigenvalue weighted by Gasteiger charge is -2.37. The van der Waals surface area contributed by atoms with E-state index in [0.29, 0.717) is 63.9 Å². The number of carbonyl (C=O) groups excluding carboxylic acids is 5. The summed E-state index contributed by atoms with van der Waals surface area (Å²) in [7, 11) is 1.71. The normalized spacial score (nSPS) is 22.6. The number of fused-ring (bicyclic) bond motifs is 6. The zero-order chi connectivity index (χ0) is 47.8. The van der Waals surface area contributed by atoms with E-state index in [1.54, 1.807) is 29.0 Å². The van der Waals surface area contributed by atoms with Gasteiger partial charge in [-0.2, -0.15) is 0 Å². The molecule has 4 atom stereocenters. The zero-order valence-corrected chi connectivity index (χ0v) is 39.9. The van der Waals surface area contributed by atoms with Gasteiger partial charge >= 0.3 is 5.97 Å². The second kappa shape index (κ2) is 19.3. The van der Waals surface area contributed by atoms with Crippen LogP contribution in [0.25, 0.3) is 33.3 Å². The number of hydrazine groups is 1. The van der Waals surface area contributed by atoms with Gasteiger partial charge in [0.15, 0.2) is 0 Å². The molecular formula is C53H66N6O8.